The molecule has 1 aromatic carbocycles. The van der Waals surface area contributed by atoms with Gasteiger partial charge < -0.3 is 10.8 Å². The fourth-order valence-corrected chi connectivity index (χ4v) is 3.88. The first-order valence-electron chi connectivity index (χ1n) is 6.86. The molecule has 0 saturated heterocycles. The van der Waals surface area contributed by atoms with Gasteiger partial charge in [0.05, 0.1) is 6.10 Å². The first kappa shape index (κ1) is 12.1. The lowest BCUT2D eigenvalue weighted by atomic mass is 9.88. The molecule has 0 radical (unpaired) electrons. The van der Waals surface area contributed by atoms with Gasteiger partial charge in [-0.25, -0.2) is 4.39 Å². The van der Waals surface area contributed by atoms with Crippen LogP contribution in [-0.4, -0.2) is 17.8 Å². The second kappa shape index (κ2) is 4.63. The molecule has 2 aliphatic rings. The van der Waals surface area contributed by atoms with Gasteiger partial charge in [-0.3, -0.25) is 0 Å². The Balaban J connectivity index is 1.78. The van der Waals surface area contributed by atoms with Crippen molar-refractivity contribution in [1.29, 1.82) is 0 Å². The van der Waals surface area contributed by atoms with Crippen molar-refractivity contribution in [1.82, 2.24) is 0 Å². The van der Waals surface area contributed by atoms with Crippen LogP contribution in [0, 0.1) is 23.6 Å². The highest BCUT2D eigenvalue weighted by atomic mass is 19.1. The maximum atomic E-state index is 13.8. The summed E-state index contributed by atoms with van der Waals surface area (Å²) in [7, 11) is 0. The molecule has 2 aliphatic carbocycles. The number of hydrogen-bond donors (Lipinski definition) is 2. The first-order chi connectivity index (χ1) is 8.74. The van der Waals surface area contributed by atoms with Crippen LogP contribution in [0.25, 0.3) is 0 Å². The van der Waals surface area contributed by atoms with Crippen molar-refractivity contribution in [3.8, 4) is 0 Å². The lowest BCUT2D eigenvalue weighted by Gasteiger charge is -2.23. The first-order valence-corrected chi connectivity index (χ1v) is 6.86. The molecule has 0 aromatic heterocycles. The number of aliphatic hydroxyl groups excluding tert-OH is 1. The van der Waals surface area contributed by atoms with E-state index in [9.17, 15) is 9.50 Å². The fourth-order valence-electron chi connectivity index (χ4n) is 3.88. The molecular weight excluding hydrogens is 229 g/mol. The number of hydrogen-bond acceptors (Lipinski definition) is 2. The fraction of sp³-hybridized carbons (Fsp3) is 0.600. The average molecular weight is 249 g/mol. The van der Waals surface area contributed by atoms with E-state index in [1.807, 2.05) is 6.07 Å². The van der Waals surface area contributed by atoms with Gasteiger partial charge in [0.2, 0.25) is 0 Å². The van der Waals surface area contributed by atoms with Gasteiger partial charge >= 0.3 is 0 Å². The minimum atomic E-state index is -0.484. The lowest BCUT2D eigenvalue weighted by molar-refractivity contribution is 0.107. The van der Waals surface area contributed by atoms with Gasteiger partial charge in [0.1, 0.15) is 5.82 Å². The molecule has 4 atom stereocenters. The van der Waals surface area contributed by atoms with Crippen LogP contribution in [0.1, 0.15) is 30.7 Å². The molecule has 3 heteroatoms. The Labute approximate surface area is 107 Å². The number of halogens is 1. The molecule has 2 saturated carbocycles. The zero-order valence-corrected chi connectivity index (χ0v) is 10.4. The smallest absolute Gasteiger partial charge is 0.126 e. The summed E-state index contributed by atoms with van der Waals surface area (Å²) < 4.78 is 13.8. The van der Waals surface area contributed by atoms with Crippen molar-refractivity contribution in [3.05, 3.63) is 35.6 Å². The second-order valence-electron chi connectivity index (χ2n) is 5.69. The van der Waals surface area contributed by atoms with Crippen molar-refractivity contribution in [2.24, 2.45) is 23.5 Å². The van der Waals surface area contributed by atoms with Crippen LogP contribution < -0.4 is 5.73 Å². The van der Waals surface area contributed by atoms with Crippen LogP contribution in [0.5, 0.6) is 0 Å². The van der Waals surface area contributed by atoms with Crippen molar-refractivity contribution >= 4 is 0 Å². The van der Waals surface area contributed by atoms with E-state index in [0.717, 1.165) is 0 Å². The zero-order chi connectivity index (χ0) is 12.7. The third-order valence-electron chi connectivity index (χ3n) is 4.84. The number of benzene rings is 1. The maximum absolute atomic E-state index is 13.8. The quantitative estimate of drug-likeness (QED) is 0.860. The topological polar surface area (TPSA) is 46.2 Å². The van der Waals surface area contributed by atoms with Crippen LogP contribution in [0.3, 0.4) is 0 Å². The summed E-state index contributed by atoms with van der Waals surface area (Å²) >= 11 is 0. The minimum Gasteiger partial charge on any atom is -0.392 e. The van der Waals surface area contributed by atoms with Gasteiger partial charge in [0.25, 0.3) is 0 Å². The van der Waals surface area contributed by atoms with Gasteiger partial charge in [-0.15, -0.1) is 0 Å². The van der Waals surface area contributed by atoms with Crippen molar-refractivity contribution in [2.75, 3.05) is 6.54 Å². The molecule has 2 fully saturated rings. The van der Waals surface area contributed by atoms with E-state index in [4.69, 9.17) is 5.73 Å². The third kappa shape index (κ3) is 1.86. The van der Waals surface area contributed by atoms with Gasteiger partial charge in [-0.05, 0) is 42.2 Å². The molecule has 0 spiro atoms. The number of rotatable bonds is 4. The Morgan fingerprint density at radius 2 is 1.94 bits per heavy atom. The van der Waals surface area contributed by atoms with Crippen LogP contribution >= 0.6 is 0 Å². The average Bonchev–Trinajstić information content (AvgIpc) is 2.86. The predicted octanol–water partition coefficient (Wildman–Crippen LogP) is 2.28. The largest absolute Gasteiger partial charge is 0.392 e. The van der Waals surface area contributed by atoms with Gasteiger partial charge in [-0.1, -0.05) is 24.6 Å². The number of fused-ring (bicyclic) bond motifs is 1. The summed E-state index contributed by atoms with van der Waals surface area (Å²) in [6.45, 7) is 0.304. The Morgan fingerprint density at radius 3 is 2.56 bits per heavy atom. The molecule has 3 N–H and O–H groups in total. The Morgan fingerprint density at radius 1 is 1.28 bits per heavy atom. The van der Waals surface area contributed by atoms with Crippen molar-refractivity contribution in [2.45, 2.75) is 31.3 Å². The Bertz CT molecular complexity index is 426. The highest BCUT2D eigenvalue weighted by Gasteiger charge is 2.57. The van der Waals surface area contributed by atoms with Crippen LogP contribution in [0.2, 0.25) is 0 Å². The lowest BCUT2D eigenvalue weighted by Crippen LogP contribution is -2.29. The van der Waals surface area contributed by atoms with Gasteiger partial charge in [0, 0.05) is 12.5 Å². The van der Waals surface area contributed by atoms with Crippen LogP contribution in [-0.2, 0) is 0 Å². The van der Waals surface area contributed by atoms with Gasteiger partial charge in [0.15, 0.2) is 0 Å². The molecule has 4 unspecified atom stereocenters. The predicted molar refractivity (Wildman–Crippen MR) is 68.5 cm³/mol. The SMILES string of the molecule is NCC(c1ccccc1F)C(O)C1C2CCCC21. The summed E-state index contributed by atoms with van der Waals surface area (Å²) in [5, 5.41) is 10.5. The summed E-state index contributed by atoms with van der Waals surface area (Å²) in [5.41, 5.74) is 6.33. The monoisotopic (exact) mass is 249 g/mol. The molecule has 0 heterocycles. The summed E-state index contributed by atoms with van der Waals surface area (Å²) in [5.74, 6) is 1.17. The van der Waals surface area contributed by atoms with Gasteiger partial charge in [-0.2, -0.15) is 0 Å². The van der Waals surface area contributed by atoms with Crippen molar-refractivity contribution in [3.63, 3.8) is 0 Å². The molecular formula is C15H20FNO. The minimum absolute atomic E-state index is 0.252. The van der Waals surface area contributed by atoms with E-state index in [1.54, 1.807) is 12.1 Å². The third-order valence-corrected chi connectivity index (χ3v) is 4.84. The summed E-state index contributed by atoms with van der Waals surface area (Å²) in [4.78, 5) is 0. The number of nitrogens with two attached hydrogens (primary N) is 1. The molecule has 0 bridgehead atoms. The molecule has 3 rings (SSSR count). The molecule has 1 aromatic rings. The summed E-state index contributed by atoms with van der Waals surface area (Å²) in [6.07, 6.45) is 3.25. The zero-order valence-electron chi connectivity index (χ0n) is 10.4. The maximum Gasteiger partial charge on any atom is 0.126 e. The Hall–Kier alpha value is -0.930. The highest BCUT2D eigenvalue weighted by Crippen LogP contribution is 2.60. The second-order valence-corrected chi connectivity index (χ2v) is 5.69. The number of aliphatic hydroxyl groups is 1. The van der Waals surface area contributed by atoms with E-state index in [2.05, 4.69) is 0 Å². The normalized spacial score (nSPS) is 32.9. The standard InChI is InChI=1S/C15H20FNO/c16-13-7-2-1-4-9(13)12(8-17)15(18)14-10-5-3-6-11(10)14/h1-2,4,7,10-12,14-15,18H,3,5-6,8,17H2. The van der Waals surface area contributed by atoms with E-state index >= 15 is 0 Å². The van der Waals surface area contributed by atoms with Crippen LogP contribution in [0.15, 0.2) is 24.3 Å². The Kier molecular flexibility index (Phi) is 3.12. The van der Waals surface area contributed by atoms with Crippen molar-refractivity contribution < 1.29 is 9.50 Å². The van der Waals surface area contributed by atoms with E-state index < -0.39 is 6.10 Å². The molecule has 98 valence electrons. The molecule has 2 nitrogen and oxygen atoms in total. The molecule has 0 amide bonds. The van der Waals surface area contributed by atoms with Crippen LogP contribution in [0.4, 0.5) is 4.39 Å². The summed E-state index contributed by atoms with van der Waals surface area (Å²) in [6, 6.07) is 6.67. The van der Waals surface area contributed by atoms with E-state index in [0.29, 0.717) is 29.9 Å². The molecule has 18 heavy (non-hydrogen) atoms. The molecule has 0 aliphatic heterocycles. The van der Waals surface area contributed by atoms with E-state index in [-0.39, 0.29) is 11.7 Å². The highest BCUT2D eigenvalue weighted by molar-refractivity contribution is 5.25. The van der Waals surface area contributed by atoms with E-state index in [1.165, 1.54) is 25.3 Å².